The molecule has 1 N–H and O–H groups in total. The highest BCUT2D eigenvalue weighted by atomic mass is 79.9. The molecule has 0 fully saturated rings. The van der Waals surface area contributed by atoms with Crippen LogP contribution in [0.15, 0.2) is 33.2 Å². The number of rotatable bonds is 4. The van der Waals surface area contributed by atoms with E-state index >= 15 is 0 Å². The van der Waals surface area contributed by atoms with Crippen LogP contribution in [0.5, 0.6) is 0 Å². The Kier molecular flexibility index (Phi) is 5.30. The van der Waals surface area contributed by atoms with Gasteiger partial charge in [-0.25, -0.2) is 0 Å². The van der Waals surface area contributed by atoms with Crippen LogP contribution in [0.4, 0.5) is 0 Å². The Labute approximate surface area is 137 Å². The van der Waals surface area contributed by atoms with E-state index in [9.17, 15) is 0 Å². The first-order valence-electron chi connectivity index (χ1n) is 6.58. The Hall–Kier alpha value is -1.47. The van der Waals surface area contributed by atoms with Crippen LogP contribution in [-0.2, 0) is 6.54 Å². The van der Waals surface area contributed by atoms with E-state index in [0.29, 0.717) is 23.4 Å². The smallest absolute Gasteiger partial charge is 0.248 e. The van der Waals surface area contributed by atoms with Crippen LogP contribution in [-0.4, -0.2) is 33.3 Å². The summed E-state index contributed by atoms with van der Waals surface area (Å²) in [6, 6.07) is 7.98. The molecule has 0 saturated carbocycles. The molecule has 0 bridgehead atoms. The van der Waals surface area contributed by atoms with Gasteiger partial charge in [-0.1, -0.05) is 12.1 Å². The molecular weight excluding hydrogens is 352 g/mol. The summed E-state index contributed by atoms with van der Waals surface area (Å²) in [5.41, 5.74) is 0.878. The Morgan fingerprint density at radius 3 is 2.71 bits per heavy atom. The highest BCUT2D eigenvalue weighted by Crippen LogP contribution is 2.26. The summed E-state index contributed by atoms with van der Waals surface area (Å²) in [6.45, 7) is 4.61. The Morgan fingerprint density at radius 1 is 1.38 bits per heavy atom. The van der Waals surface area contributed by atoms with Gasteiger partial charge >= 0.3 is 0 Å². The highest BCUT2D eigenvalue weighted by molar-refractivity contribution is 9.10. The standard InChI is InChI=1S/C14H17BrN4OS/c1-9(2)19(14(21)16-3)8-12-17-18-13(20-12)10-6-4-5-7-11(10)15/h4-7,9H,8H2,1-3H3,(H,16,21). The molecule has 5 nitrogen and oxygen atoms in total. The normalized spacial score (nSPS) is 10.7. The first kappa shape index (κ1) is 15.9. The van der Waals surface area contributed by atoms with E-state index in [1.807, 2.05) is 29.2 Å². The molecule has 0 aliphatic rings. The van der Waals surface area contributed by atoms with Crippen molar-refractivity contribution in [1.29, 1.82) is 0 Å². The van der Waals surface area contributed by atoms with Crippen LogP contribution in [0.1, 0.15) is 19.7 Å². The fraction of sp³-hybridized carbons (Fsp3) is 0.357. The van der Waals surface area contributed by atoms with E-state index in [0.717, 1.165) is 10.0 Å². The molecule has 0 aliphatic heterocycles. The summed E-state index contributed by atoms with van der Waals surface area (Å²) in [4.78, 5) is 1.99. The Bertz CT molecular complexity index is 629. The molecule has 1 heterocycles. The third-order valence-corrected chi connectivity index (χ3v) is 4.10. The third-order valence-electron chi connectivity index (χ3n) is 2.97. The lowest BCUT2D eigenvalue weighted by Gasteiger charge is -2.27. The van der Waals surface area contributed by atoms with Crippen molar-refractivity contribution in [3.63, 3.8) is 0 Å². The molecule has 21 heavy (non-hydrogen) atoms. The first-order chi connectivity index (χ1) is 10.0. The van der Waals surface area contributed by atoms with Gasteiger partial charge in [0.05, 0.1) is 12.1 Å². The second-order valence-corrected chi connectivity index (χ2v) is 6.00. The van der Waals surface area contributed by atoms with Gasteiger partial charge in [0.1, 0.15) is 0 Å². The van der Waals surface area contributed by atoms with Crippen LogP contribution < -0.4 is 5.32 Å². The SMILES string of the molecule is CNC(=S)N(Cc1nnc(-c2ccccc2Br)o1)C(C)C. The lowest BCUT2D eigenvalue weighted by molar-refractivity contribution is 0.303. The molecule has 112 valence electrons. The van der Waals surface area contributed by atoms with E-state index < -0.39 is 0 Å². The highest BCUT2D eigenvalue weighted by Gasteiger charge is 2.17. The van der Waals surface area contributed by atoms with E-state index in [4.69, 9.17) is 16.6 Å². The maximum absolute atomic E-state index is 5.74. The number of benzene rings is 1. The van der Waals surface area contributed by atoms with Crippen molar-refractivity contribution >= 4 is 33.3 Å². The summed E-state index contributed by atoms with van der Waals surface area (Å²) >= 11 is 8.77. The van der Waals surface area contributed by atoms with Crippen LogP contribution in [0, 0.1) is 0 Å². The minimum absolute atomic E-state index is 0.240. The molecule has 1 aromatic heterocycles. The number of nitrogens with zero attached hydrogens (tertiary/aromatic N) is 3. The molecule has 7 heteroatoms. The fourth-order valence-electron chi connectivity index (χ4n) is 1.84. The van der Waals surface area contributed by atoms with Gasteiger partial charge in [-0.3, -0.25) is 0 Å². The van der Waals surface area contributed by atoms with Crippen molar-refractivity contribution in [3.05, 3.63) is 34.6 Å². The van der Waals surface area contributed by atoms with E-state index in [2.05, 4.69) is 45.3 Å². The van der Waals surface area contributed by atoms with E-state index in [1.54, 1.807) is 7.05 Å². The van der Waals surface area contributed by atoms with E-state index in [1.165, 1.54) is 0 Å². The molecule has 0 amide bonds. The van der Waals surface area contributed by atoms with Crippen LogP contribution in [0.3, 0.4) is 0 Å². The number of aromatic nitrogens is 2. The molecule has 0 spiro atoms. The van der Waals surface area contributed by atoms with Gasteiger partial charge in [-0.05, 0) is 54.1 Å². The molecule has 0 saturated heterocycles. The summed E-state index contributed by atoms with van der Waals surface area (Å²) in [5, 5.41) is 11.8. The van der Waals surface area contributed by atoms with Gasteiger partial charge in [0, 0.05) is 17.6 Å². The average Bonchev–Trinajstić information content (AvgIpc) is 2.92. The quantitative estimate of drug-likeness (QED) is 0.836. The van der Waals surface area contributed by atoms with Crippen molar-refractivity contribution in [2.75, 3.05) is 7.05 Å². The molecule has 2 aromatic rings. The third kappa shape index (κ3) is 3.79. The van der Waals surface area contributed by atoms with Crippen molar-refractivity contribution < 1.29 is 4.42 Å². The molecule has 0 atom stereocenters. The molecular formula is C14H17BrN4OS. The molecule has 2 rings (SSSR count). The van der Waals surface area contributed by atoms with Gasteiger partial charge in [0.2, 0.25) is 11.8 Å². The molecule has 0 unspecified atom stereocenters. The number of nitrogens with one attached hydrogen (secondary N) is 1. The summed E-state index contributed by atoms with van der Waals surface area (Å²) in [7, 11) is 1.80. The minimum atomic E-state index is 0.240. The lowest BCUT2D eigenvalue weighted by Crippen LogP contribution is -2.41. The Morgan fingerprint density at radius 2 is 2.10 bits per heavy atom. The van der Waals surface area contributed by atoms with Crippen molar-refractivity contribution in [2.45, 2.75) is 26.4 Å². The largest absolute Gasteiger partial charge is 0.419 e. The predicted octanol–water partition coefficient (Wildman–Crippen LogP) is 3.21. The van der Waals surface area contributed by atoms with Crippen molar-refractivity contribution in [2.24, 2.45) is 0 Å². The lowest BCUT2D eigenvalue weighted by atomic mass is 10.2. The number of halogens is 1. The topological polar surface area (TPSA) is 54.2 Å². The number of thiocarbonyl (C=S) groups is 1. The van der Waals surface area contributed by atoms with Gasteiger partial charge in [0.25, 0.3) is 0 Å². The molecule has 1 aromatic carbocycles. The fourth-order valence-corrected chi connectivity index (χ4v) is 2.57. The maximum atomic E-state index is 5.74. The van der Waals surface area contributed by atoms with Gasteiger partial charge in [0.15, 0.2) is 5.11 Å². The Balaban J connectivity index is 2.20. The second-order valence-electron chi connectivity index (χ2n) is 4.76. The van der Waals surface area contributed by atoms with Crippen LogP contribution in [0.25, 0.3) is 11.5 Å². The summed E-state index contributed by atoms with van der Waals surface area (Å²) < 4.78 is 6.67. The maximum Gasteiger partial charge on any atom is 0.248 e. The summed E-state index contributed by atoms with van der Waals surface area (Å²) in [5.74, 6) is 1.03. The zero-order valence-corrected chi connectivity index (χ0v) is 14.5. The summed E-state index contributed by atoms with van der Waals surface area (Å²) in [6.07, 6.45) is 0. The van der Waals surface area contributed by atoms with E-state index in [-0.39, 0.29) is 6.04 Å². The predicted molar refractivity (Wildman–Crippen MR) is 89.8 cm³/mol. The zero-order valence-electron chi connectivity index (χ0n) is 12.1. The minimum Gasteiger partial charge on any atom is -0.419 e. The van der Waals surface area contributed by atoms with Crippen LogP contribution >= 0.6 is 28.1 Å². The number of hydrogen-bond donors (Lipinski definition) is 1. The van der Waals surface area contributed by atoms with Gasteiger partial charge in [-0.15, -0.1) is 10.2 Å². The van der Waals surface area contributed by atoms with Gasteiger partial charge in [-0.2, -0.15) is 0 Å². The zero-order chi connectivity index (χ0) is 15.4. The van der Waals surface area contributed by atoms with Crippen LogP contribution in [0.2, 0.25) is 0 Å². The number of hydrogen-bond acceptors (Lipinski definition) is 4. The monoisotopic (exact) mass is 368 g/mol. The average molecular weight is 369 g/mol. The van der Waals surface area contributed by atoms with Gasteiger partial charge < -0.3 is 14.6 Å². The molecule has 0 aliphatic carbocycles. The van der Waals surface area contributed by atoms with Crippen molar-refractivity contribution in [1.82, 2.24) is 20.4 Å². The second kappa shape index (κ2) is 7.00. The first-order valence-corrected chi connectivity index (χ1v) is 7.78. The van der Waals surface area contributed by atoms with Crippen molar-refractivity contribution in [3.8, 4) is 11.5 Å². The molecule has 0 radical (unpaired) electrons.